The summed E-state index contributed by atoms with van der Waals surface area (Å²) in [6.45, 7) is 6.91. The topological polar surface area (TPSA) is 46.6 Å². The van der Waals surface area contributed by atoms with Crippen molar-refractivity contribution >= 4 is 11.9 Å². The second-order valence-corrected chi connectivity index (χ2v) is 6.85. The average molecular weight is 315 g/mol. The number of nitrogens with zero attached hydrogens (tertiary/aromatic N) is 1. The number of rotatable bonds is 5. The van der Waals surface area contributed by atoms with E-state index in [1.54, 1.807) is 0 Å². The van der Waals surface area contributed by atoms with E-state index in [9.17, 15) is 9.59 Å². The highest BCUT2D eigenvalue weighted by Crippen LogP contribution is 2.58. The average Bonchev–Trinajstić information content (AvgIpc) is 3.31. The second-order valence-electron chi connectivity index (χ2n) is 6.85. The zero-order chi connectivity index (χ0) is 16.6. The van der Waals surface area contributed by atoms with Gasteiger partial charge >= 0.3 is 5.97 Å². The van der Waals surface area contributed by atoms with Crippen LogP contribution in [-0.2, 0) is 14.3 Å². The lowest BCUT2D eigenvalue weighted by Crippen LogP contribution is -2.32. The molecule has 1 aromatic rings. The molecule has 3 rings (SSSR count). The number of amides is 1. The van der Waals surface area contributed by atoms with E-state index in [2.05, 4.69) is 6.92 Å². The molecule has 2 unspecified atom stereocenters. The molecule has 0 N–H and O–H groups in total. The zero-order valence-electron chi connectivity index (χ0n) is 14.1. The lowest BCUT2D eigenvalue weighted by atomic mass is 9.82. The molecular weight excluding hydrogens is 290 g/mol. The molecular formula is C19H25NO3. The largest absolute Gasteiger partial charge is 0.466 e. The fourth-order valence-electron chi connectivity index (χ4n) is 3.94. The highest BCUT2D eigenvalue weighted by molar-refractivity contribution is 5.86. The predicted molar refractivity (Wildman–Crippen MR) is 87.5 cm³/mol. The molecule has 1 saturated carbocycles. The van der Waals surface area contributed by atoms with Crippen LogP contribution in [0.3, 0.4) is 0 Å². The third-order valence-electron chi connectivity index (χ3n) is 5.60. The number of ether oxygens (including phenoxy) is 1. The summed E-state index contributed by atoms with van der Waals surface area (Å²) >= 11 is 0. The van der Waals surface area contributed by atoms with Crippen molar-refractivity contribution in [2.75, 3.05) is 13.2 Å². The highest BCUT2D eigenvalue weighted by atomic mass is 16.5. The van der Waals surface area contributed by atoms with Crippen LogP contribution >= 0.6 is 0 Å². The molecule has 4 nitrogen and oxygen atoms in total. The molecule has 0 radical (unpaired) electrons. The van der Waals surface area contributed by atoms with Crippen molar-refractivity contribution in [3.05, 3.63) is 35.9 Å². The third-order valence-corrected chi connectivity index (χ3v) is 5.60. The molecule has 2 fully saturated rings. The van der Waals surface area contributed by atoms with Crippen molar-refractivity contribution in [3.8, 4) is 0 Å². The number of likely N-dealkylation sites (tertiary alicyclic amines) is 1. The smallest absolute Gasteiger partial charge is 0.312 e. The molecule has 3 atom stereocenters. The van der Waals surface area contributed by atoms with Gasteiger partial charge in [0.25, 0.3) is 0 Å². The zero-order valence-corrected chi connectivity index (χ0v) is 14.1. The van der Waals surface area contributed by atoms with Crippen molar-refractivity contribution in [3.63, 3.8) is 0 Å². The third kappa shape index (κ3) is 2.64. The Morgan fingerprint density at radius 3 is 2.57 bits per heavy atom. The molecule has 0 bridgehead atoms. The Labute approximate surface area is 137 Å². The molecule has 4 heteroatoms. The number of carbonyl (C=O) groups excluding carboxylic acids is 2. The van der Waals surface area contributed by atoms with E-state index in [0.717, 1.165) is 18.4 Å². The Morgan fingerprint density at radius 2 is 2.00 bits per heavy atom. The van der Waals surface area contributed by atoms with Crippen molar-refractivity contribution < 1.29 is 14.3 Å². The van der Waals surface area contributed by atoms with E-state index in [0.29, 0.717) is 13.2 Å². The summed E-state index contributed by atoms with van der Waals surface area (Å²) in [7, 11) is 0. The van der Waals surface area contributed by atoms with E-state index in [1.807, 2.05) is 49.1 Å². The minimum Gasteiger partial charge on any atom is -0.466 e. The number of hydrogen-bond acceptors (Lipinski definition) is 3. The quantitative estimate of drug-likeness (QED) is 0.784. The van der Waals surface area contributed by atoms with Gasteiger partial charge in [-0.15, -0.1) is 0 Å². The van der Waals surface area contributed by atoms with Crippen LogP contribution in [0, 0.1) is 17.3 Å². The van der Waals surface area contributed by atoms with Gasteiger partial charge in [0.05, 0.1) is 18.1 Å². The van der Waals surface area contributed by atoms with E-state index in [1.165, 1.54) is 0 Å². The normalized spacial score (nSPS) is 26.9. The first-order valence-electron chi connectivity index (χ1n) is 8.54. The Balaban J connectivity index is 1.79. The van der Waals surface area contributed by atoms with E-state index < -0.39 is 5.41 Å². The molecule has 124 valence electrons. The maximum atomic E-state index is 12.8. The van der Waals surface area contributed by atoms with Gasteiger partial charge in [-0.25, -0.2) is 0 Å². The van der Waals surface area contributed by atoms with Crippen LogP contribution in [0.15, 0.2) is 30.3 Å². The summed E-state index contributed by atoms with van der Waals surface area (Å²) in [4.78, 5) is 27.1. The van der Waals surface area contributed by atoms with Crippen LogP contribution in [0.1, 0.15) is 45.2 Å². The fraction of sp³-hybridized carbons (Fsp3) is 0.579. The summed E-state index contributed by atoms with van der Waals surface area (Å²) < 4.78 is 5.28. The molecule has 1 saturated heterocycles. The number of esters is 1. The van der Waals surface area contributed by atoms with Gasteiger partial charge in [-0.05, 0) is 32.3 Å². The highest BCUT2D eigenvalue weighted by Gasteiger charge is 2.62. The Kier molecular flexibility index (Phi) is 4.17. The minimum atomic E-state index is -0.420. The number of benzene rings is 1. The molecule has 1 aromatic carbocycles. The van der Waals surface area contributed by atoms with Gasteiger partial charge < -0.3 is 9.64 Å². The Morgan fingerprint density at radius 1 is 1.35 bits per heavy atom. The van der Waals surface area contributed by atoms with E-state index in [4.69, 9.17) is 4.74 Å². The first kappa shape index (κ1) is 16.0. The van der Waals surface area contributed by atoms with Gasteiger partial charge in [-0.3, -0.25) is 9.59 Å². The fourth-order valence-corrected chi connectivity index (χ4v) is 3.94. The molecule has 2 aliphatic rings. The lowest BCUT2D eigenvalue weighted by molar-refractivity contribution is -0.152. The van der Waals surface area contributed by atoms with E-state index in [-0.39, 0.29) is 29.8 Å². The summed E-state index contributed by atoms with van der Waals surface area (Å²) in [5, 5.41) is 0. The second kappa shape index (κ2) is 5.99. The van der Waals surface area contributed by atoms with Crippen LogP contribution in [0.5, 0.6) is 0 Å². The molecule has 23 heavy (non-hydrogen) atoms. The van der Waals surface area contributed by atoms with Gasteiger partial charge in [-0.1, -0.05) is 37.3 Å². The van der Waals surface area contributed by atoms with Gasteiger partial charge in [-0.2, -0.15) is 0 Å². The van der Waals surface area contributed by atoms with Gasteiger partial charge in [0.1, 0.15) is 0 Å². The predicted octanol–water partition coefficient (Wildman–Crippen LogP) is 3.19. The number of hydrogen-bond donors (Lipinski definition) is 0. The molecule has 1 aliphatic heterocycles. The minimum absolute atomic E-state index is 0.0362. The molecule has 1 amide bonds. The maximum absolute atomic E-state index is 12.8. The molecule has 1 aliphatic carbocycles. The van der Waals surface area contributed by atoms with Gasteiger partial charge in [0.2, 0.25) is 5.91 Å². The summed E-state index contributed by atoms with van der Waals surface area (Å²) in [5.74, 6) is -0.00549. The lowest BCUT2D eigenvalue weighted by Gasteiger charge is -2.26. The van der Waals surface area contributed by atoms with Crippen LogP contribution in [0.4, 0.5) is 0 Å². The Bertz CT molecular complexity index is 594. The van der Waals surface area contributed by atoms with Gasteiger partial charge in [0.15, 0.2) is 0 Å². The van der Waals surface area contributed by atoms with Crippen LogP contribution < -0.4 is 0 Å². The van der Waals surface area contributed by atoms with Crippen molar-refractivity contribution in [2.45, 2.75) is 39.7 Å². The van der Waals surface area contributed by atoms with Crippen LogP contribution in [-0.4, -0.2) is 29.9 Å². The SMILES string of the molecule is CCOC(=O)C1([C@H]2CN(C(C)c3ccccc3)C(=O)C2C)CC1. The van der Waals surface area contributed by atoms with E-state index >= 15 is 0 Å². The monoisotopic (exact) mass is 315 g/mol. The molecule has 1 heterocycles. The first-order valence-corrected chi connectivity index (χ1v) is 8.54. The maximum Gasteiger partial charge on any atom is 0.312 e. The standard InChI is InChI=1S/C19H25NO3/c1-4-23-18(22)19(10-11-19)16-12-20(17(21)13(16)2)14(3)15-8-6-5-7-9-15/h5-9,13-14,16H,4,10-12H2,1-3H3/t13?,14?,16-/m0/s1. The van der Waals surface area contributed by atoms with Gasteiger partial charge in [0, 0.05) is 18.4 Å². The Hall–Kier alpha value is -1.84. The van der Waals surface area contributed by atoms with Crippen molar-refractivity contribution in [1.82, 2.24) is 4.90 Å². The summed E-state index contributed by atoms with van der Waals surface area (Å²) in [5.41, 5.74) is 0.714. The molecule has 0 aromatic heterocycles. The molecule has 0 spiro atoms. The van der Waals surface area contributed by atoms with Crippen molar-refractivity contribution in [1.29, 1.82) is 0 Å². The number of carbonyl (C=O) groups is 2. The van der Waals surface area contributed by atoms with Crippen LogP contribution in [0.25, 0.3) is 0 Å². The summed E-state index contributed by atoms with van der Waals surface area (Å²) in [6.07, 6.45) is 1.70. The first-order chi connectivity index (χ1) is 11.0. The summed E-state index contributed by atoms with van der Waals surface area (Å²) in [6, 6.07) is 10.1. The van der Waals surface area contributed by atoms with Crippen LogP contribution in [0.2, 0.25) is 0 Å². The van der Waals surface area contributed by atoms with Crippen molar-refractivity contribution in [2.24, 2.45) is 17.3 Å².